The Labute approximate surface area is 164 Å². The molecule has 2 heterocycles. The van der Waals surface area contributed by atoms with E-state index in [1.54, 1.807) is 20.8 Å². The minimum atomic E-state index is -4.50. The van der Waals surface area contributed by atoms with E-state index in [2.05, 4.69) is 4.98 Å². The van der Waals surface area contributed by atoms with Crippen molar-refractivity contribution in [3.05, 3.63) is 22.7 Å². The summed E-state index contributed by atoms with van der Waals surface area (Å²) in [6.07, 6.45) is -2.75. The van der Waals surface area contributed by atoms with Gasteiger partial charge >= 0.3 is 13.5 Å². The first-order chi connectivity index (χ1) is 12.6. The number of phosphoric ester groups is 1. The molecule has 1 aliphatic rings. The second-order valence-electron chi connectivity index (χ2n) is 9.10. The molecule has 28 heavy (non-hydrogen) atoms. The number of hydrogen-bond acceptors (Lipinski definition) is 8. The zero-order valence-corrected chi connectivity index (χ0v) is 17.9. The van der Waals surface area contributed by atoms with Crippen LogP contribution in [0.1, 0.15) is 54.2 Å². The maximum absolute atomic E-state index is 12.4. The van der Waals surface area contributed by atoms with Gasteiger partial charge in [0.15, 0.2) is 6.23 Å². The maximum Gasteiger partial charge on any atom is 0.473 e. The number of aromatic nitrogens is 2. The lowest BCUT2D eigenvalue weighted by Gasteiger charge is -2.29. The zero-order chi connectivity index (χ0) is 21.5. The predicted molar refractivity (Wildman–Crippen MR) is 102 cm³/mol. The second-order valence-corrected chi connectivity index (χ2v) is 10.4. The highest BCUT2D eigenvalue weighted by atomic mass is 31.2. The second kappa shape index (κ2) is 7.85. The maximum atomic E-state index is 12.4. The van der Waals surface area contributed by atoms with Crippen LogP contribution in [0.4, 0.5) is 5.82 Å². The van der Waals surface area contributed by atoms with Gasteiger partial charge in [0.25, 0.3) is 0 Å². The molecule has 0 aliphatic carbocycles. The van der Waals surface area contributed by atoms with Crippen LogP contribution in [0.5, 0.6) is 0 Å². The van der Waals surface area contributed by atoms with Gasteiger partial charge in [-0.25, -0.2) is 9.36 Å². The molecule has 0 radical (unpaired) electrons. The number of aliphatic hydroxyl groups is 1. The predicted octanol–water partition coefficient (Wildman–Crippen LogP) is 1.82. The molecule has 0 bridgehead atoms. The van der Waals surface area contributed by atoms with Gasteiger partial charge in [-0.3, -0.25) is 13.6 Å². The number of phosphoric acid groups is 1. The van der Waals surface area contributed by atoms with Gasteiger partial charge in [0.1, 0.15) is 18.0 Å². The van der Waals surface area contributed by atoms with Crippen LogP contribution < -0.4 is 11.4 Å². The summed E-state index contributed by atoms with van der Waals surface area (Å²) in [6, 6.07) is 1.39. The summed E-state index contributed by atoms with van der Waals surface area (Å²) in [7, 11) is -4.50. The molecule has 160 valence electrons. The first kappa shape index (κ1) is 23.0. The van der Waals surface area contributed by atoms with E-state index in [1.807, 2.05) is 20.8 Å². The van der Waals surface area contributed by atoms with Gasteiger partial charge in [0.05, 0.1) is 11.7 Å². The third-order valence-corrected chi connectivity index (χ3v) is 5.18. The smallest absolute Gasteiger partial charge is 0.386 e. The minimum Gasteiger partial charge on any atom is -0.386 e. The Kier molecular flexibility index (Phi) is 6.45. The summed E-state index contributed by atoms with van der Waals surface area (Å²) in [4.78, 5) is 25.9. The van der Waals surface area contributed by atoms with Gasteiger partial charge in [-0.15, -0.1) is 0 Å². The number of rotatable bonds is 5. The Hall–Kier alpha value is -1.29. The van der Waals surface area contributed by atoms with Crippen LogP contribution in [0.2, 0.25) is 0 Å². The van der Waals surface area contributed by atoms with E-state index in [1.165, 1.54) is 12.3 Å². The summed E-state index contributed by atoms with van der Waals surface area (Å²) < 4.78 is 29.8. The van der Waals surface area contributed by atoms with E-state index >= 15 is 0 Å². The summed E-state index contributed by atoms with van der Waals surface area (Å²) in [5.74, 6) is 0.0335. The molecule has 0 aromatic carbocycles. The fourth-order valence-corrected chi connectivity index (χ4v) is 4.29. The molecule has 2 rings (SSSR count). The van der Waals surface area contributed by atoms with E-state index in [4.69, 9.17) is 19.5 Å². The van der Waals surface area contributed by atoms with Crippen LogP contribution in [-0.4, -0.2) is 43.5 Å². The molecule has 3 unspecified atom stereocenters. The average molecular weight is 419 g/mol. The molecule has 0 spiro atoms. The molecule has 1 aliphatic heterocycles. The number of nitrogens with zero attached hydrogens (tertiary/aromatic N) is 2. The fraction of sp³-hybridized carbons (Fsp3) is 0.765. The SMILES string of the molecule is CC(C)(C)C[C@H]1O[C@@H](n2ccc(N)nc2=O)C(O)C1OP(=O)(O)OC(C)(C)C. The quantitative estimate of drug-likeness (QED) is 0.608. The third kappa shape index (κ3) is 6.10. The van der Waals surface area contributed by atoms with Crippen molar-refractivity contribution in [1.82, 2.24) is 9.55 Å². The Morgan fingerprint density at radius 2 is 1.93 bits per heavy atom. The van der Waals surface area contributed by atoms with Crippen molar-refractivity contribution < 1.29 is 28.3 Å². The lowest BCUT2D eigenvalue weighted by molar-refractivity contribution is -0.0503. The summed E-state index contributed by atoms with van der Waals surface area (Å²) in [5.41, 5.74) is 3.61. The van der Waals surface area contributed by atoms with Crippen LogP contribution in [0, 0.1) is 5.41 Å². The van der Waals surface area contributed by atoms with Crippen molar-refractivity contribution in [1.29, 1.82) is 0 Å². The Balaban J connectivity index is 2.34. The van der Waals surface area contributed by atoms with Gasteiger partial charge in [0, 0.05) is 6.20 Å². The third-order valence-electron chi connectivity index (χ3n) is 3.89. The molecule has 1 aromatic heterocycles. The number of ether oxygens (including phenoxy) is 1. The topological polar surface area (TPSA) is 146 Å². The van der Waals surface area contributed by atoms with Gasteiger partial charge in [-0.05, 0) is 38.7 Å². The fourth-order valence-electron chi connectivity index (χ4n) is 2.99. The molecule has 5 atom stereocenters. The summed E-state index contributed by atoms with van der Waals surface area (Å²) in [6.45, 7) is 10.7. The molecule has 4 N–H and O–H groups in total. The normalized spacial score (nSPS) is 28.3. The molecule has 0 saturated carbocycles. The van der Waals surface area contributed by atoms with Crippen molar-refractivity contribution in [2.45, 2.75) is 78.1 Å². The monoisotopic (exact) mass is 419 g/mol. The molecule has 1 fully saturated rings. The van der Waals surface area contributed by atoms with Crippen LogP contribution in [0.25, 0.3) is 0 Å². The molecule has 1 saturated heterocycles. The minimum absolute atomic E-state index is 0.0335. The number of nitrogens with two attached hydrogens (primary N) is 1. The van der Waals surface area contributed by atoms with Crippen LogP contribution in [-0.2, 0) is 18.3 Å². The highest BCUT2D eigenvalue weighted by Crippen LogP contribution is 2.51. The highest BCUT2D eigenvalue weighted by Gasteiger charge is 2.50. The van der Waals surface area contributed by atoms with Gasteiger partial charge in [-0.1, -0.05) is 20.8 Å². The van der Waals surface area contributed by atoms with E-state index < -0.39 is 43.7 Å². The van der Waals surface area contributed by atoms with Crippen molar-refractivity contribution in [3.63, 3.8) is 0 Å². The summed E-state index contributed by atoms with van der Waals surface area (Å²) >= 11 is 0. The largest absolute Gasteiger partial charge is 0.473 e. The zero-order valence-electron chi connectivity index (χ0n) is 17.0. The molecular formula is C17H30N3O7P. The van der Waals surface area contributed by atoms with E-state index in [0.717, 1.165) is 4.57 Å². The van der Waals surface area contributed by atoms with Crippen molar-refractivity contribution in [3.8, 4) is 0 Å². The molecule has 0 amide bonds. The van der Waals surface area contributed by atoms with Crippen molar-refractivity contribution in [2.75, 3.05) is 5.73 Å². The lowest BCUT2D eigenvalue weighted by atomic mass is 9.87. The molecular weight excluding hydrogens is 389 g/mol. The van der Waals surface area contributed by atoms with Crippen molar-refractivity contribution >= 4 is 13.6 Å². The highest BCUT2D eigenvalue weighted by molar-refractivity contribution is 7.47. The molecule has 11 heteroatoms. The van der Waals surface area contributed by atoms with Gasteiger partial charge in [0.2, 0.25) is 0 Å². The van der Waals surface area contributed by atoms with E-state index in [-0.39, 0.29) is 11.2 Å². The molecule has 1 aromatic rings. The number of aliphatic hydroxyl groups excluding tert-OH is 1. The standard InChI is InChI=1S/C17H30N3O7P/c1-16(2,3)9-10-13(26-28(23,24)27-17(4,5)6)12(21)14(25-10)20-8-7-11(18)19-15(20)22/h7-8,10,12-14,21H,9H2,1-6H3,(H,23,24)(H2,18,19,22)/t10-,12?,13?,14-/m1/s1. The summed E-state index contributed by atoms with van der Waals surface area (Å²) in [5, 5.41) is 10.8. The number of anilines is 1. The van der Waals surface area contributed by atoms with Crippen LogP contribution in [0.15, 0.2) is 17.1 Å². The van der Waals surface area contributed by atoms with Crippen molar-refractivity contribution in [2.24, 2.45) is 5.41 Å². The average Bonchev–Trinajstić information content (AvgIpc) is 2.71. The Bertz CT molecular complexity index is 799. The number of nitrogen functional groups attached to an aromatic ring is 1. The first-order valence-electron chi connectivity index (χ1n) is 8.98. The van der Waals surface area contributed by atoms with Crippen LogP contribution in [0.3, 0.4) is 0 Å². The Morgan fingerprint density at radius 3 is 2.43 bits per heavy atom. The number of hydrogen-bond donors (Lipinski definition) is 3. The van der Waals surface area contributed by atoms with Gasteiger partial charge < -0.3 is 20.5 Å². The van der Waals surface area contributed by atoms with E-state index in [0.29, 0.717) is 6.42 Å². The molecule has 10 nitrogen and oxygen atoms in total. The Morgan fingerprint density at radius 1 is 1.32 bits per heavy atom. The van der Waals surface area contributed by atoms with Gasteiger partial charge in [-0.2, -0.15) is 4.98 Å². The van der Waals surface area contributed by atoms with E-state index in [9.17, 15) is 19.4 Å². The van der Waals surface area contributed by atoms with Crippen LogP contribution >= 0.6 is 7.82 Å². The lowest BCUT2D eigenvalue weighted by Crippen LogP contribution is -2.38. The first-order valence-corrected chi connectivity index (χ1v) is 10.5.